The Hall–Kier alpha value is -1.18. The highest BCUT2D eigenvalue weighted by molar-refractivity contribution is 5.38. The number of hydrogen-bond acceptors (Lipinski definition) is 2. The number of rotatable bonds is 5. The van der Waals surface area contributed by atoms with E-state index in [0.29, 0.717) is 11.8 Å². The summed E-state index contributed by atoms with van der Waals surface area (Å²) in [5.41, 5.74) is 1.01. The predicted octanol–water partition coefficient (Wildman–Crippen LogP) is 4.03. The molecule has 0 aliphatic heterocycles. The van der Waals surface area contributed by atoms with E-state index in [1.54, 1.807) is 12.1 Å². The van der Waals surface area contributed by atoms with Gasteiger partial charge in [-0.15, -0.1) is 0 Å². The second-order valence-corrected chi connectivity index (χ2v) is 4.69. The summed E-state index contributed by atoms with van der Waals surface area (Å²) in [6.07, 6.45) is 3.63. The average molecular weight is 222 g/mol. The van der Waals surface area contributed by atoms with Gasteiger partial charge in [0.1, 0.15) is 11.5 Å². The molecular weight excluding hydrogens is 200 g/mol. The summed E-state index contributed by atoms with van der Waals surface area (Å²) in [5, 5.41) is 18.9. The molecule has 2 heteroatoms. The summed E-state index contributed by atoms with van der Waals surface area (Å²) in [5.74, 6) is 1.22. The zero-order chi connectivity index (χ0) is 12.1. The first-order valence-electron chi connectivity index (χ1n) is 6.07. The summed E-state index contributed by atoms with van der Waals surface area (Å²) in [6, 6.07) is 4.85. The molecule has 1 aromatic rings. The van der Waals surface area contributed by atoms with Gasteiger partial charge in [-0.05, 0) is 29.5 Å². The monoisotopic (exact) mass is 222 g/mol. The van der Waals surface area contributed by atoms with Crippen molar-refractivity contribution in [3.63, 3.8) is 0 Å². The van der Waals surface area contributed by atoms with E-state index >= 15 is 0 Å². The quantitative estimate of drug-likeness (QED) is 0.789. The van der Waals surface area contributed by atoms with Crippen molar-refractivity contribution in [3.8, 4) is 11.5 Å². The van der Waals surface area contributed by atoms with E-state index in [4.69, 9.17) is 0 Å². The summed E-state index contributed by atoms with van der Waals surface area (Å²) in [6.45, 7) is 6.56. The third-order valence-corrected chi connectivity index (χ3v) is 3.32. The molecular formula is C14H22O2. The Morgan fingerprint density at radius 3 is 2.12 bits per heavy atom. The Labute approximate surface area is 97.9 Å². The molecule has 0 saturated carbocycles. The predicted molar refractivity (Wildman–Crippen MR) is 66.9 cm³/mol. The standard InChI is InChI=1S/C14H22O2/c1-4-5-6-10(2)11(3)12-7-13(15)9-14(16)8-12/h7-11,15-16H,4-6H2,1-3H3. The zero-order valence-electron chi connectivity index (χ0n) is 10.4. The third kappa shape index (κ3) is 3.44. The maximum Gasteiger partial charge on any atom is 0.119 e. The van der Waals surface area contributed by atoms with Crippen LogP contribution in [0.2, 0.25) is 0 Å². The summed E-state index contributed by atoms with van der Waals surface area (Å²) < 4.78 is 0. The van der Waals surface area contributed by atoms with Crippen molar-refractivity contribution < 1.29 is 10.2 Å². The lowest BCUT2D eigenvalue weighted by Crippen LogP contribution is -2.06. The highest BCUT2D eigenvalue weighted by Gasteiger charge is 2.15. The zero-order valence-corrected chi connectivity index (χ0v) is 10.4. The molecule has 0 aliphatic rings. The molecule has 0 heterocycles. The van der Waals surface area contributed by atoms with Gasteiger partial charge in [0.2, 0.25) is 0 Å². The van der Waals surface area contributed by atoms with E-state index in [-0.39, 0.29) is 11.5 Å². The highest BCUT2D eigenvalue weighted by atomic mass is 16.3. The molecule has 2 atom stereocenters. The van der Waals surface area contributed by atoms with Crippen molar-refractivity contribution in [3.05, 3.63) is 23.8 Å². The minimum atomic E-state index is 0.143. The van der Waals surface area contributed by atoms with Crippen LogP contribution in [-0.4, -0.2) is 10.2 Å². The second-order valence-electron chi connectivity index (χ2n) is 4.69. The number of aromatic hydroxyl groups is 2. The van der Waals surface area contributed by atoms with Crippen molar-refractivity contribution in [2.45, 2.75) is 46.0 Å². The summed E-state index contributed by atoms with van der Waals surface area (Å²) in [7, 11) is 0. The topological polar surface area (TPSA) is 40.5 Å². The molecule has 1 rings (SSSR count). The largest absolute Gasteiger partial charge is 0.508 e. The van der Waals surface area contributed by atoms with Gasteiger partial charge in [-0.2, -0.15) is 0 Å². The smallest absolute Gasteiger partial charge is 0.119 e. The lowest BCUT2D eigenvalue weighted by molar-refractivity contribution is 0.423. The van der Waals surface area contributed by atoms with Crippen LogP contribution in [0, 0.1) is 5.92 Å². The Kier molecular flexibility index (Phi) is 4.66. The fraction of sp³-hybridized carbons (Fsp3) is 0.571. The van der Waals surface area contributed by atoms with Gasteiger partial charge in [0, 0.05) is 6.07 Å². The van der Waals surface area contributed by atoms with Gasteiger partial charge in [-0.3, -0.25) is 0 Å². The van der Waals surface area contributed by atoms with Crippen molar-refractivity contribution in [2.24, 2.45) is 5.92 Å². The number of phenols is 2. The number of hydrogen-bond donors (Lipinski definition) is 2. The van der Waals surface area contributed by atoms with E-state index in [9.17, 15) is 10.2 Å². The minimum Gasteiger partial charge on any atom is -0.508 e. The Bertz CT molecular complexity index is 313. The second kappa shape index (κ2) is 5.78. The summed E-state index contributed by atoms with van der Waals surface area (Å²) >= 11 is 0. The molecule has 0 radical (unpaired) electrons. The lowest BCUT2D eigenvalue weighted by Gasteiger charge is -2.20. The van der Waals surface area contributed by atoms with Crippen LogP contribution in [-0.2, 0) is 0 Å². The van der Waals surface area contributed by atoms with E-state index < -0.39 is 0 Å². The van der Waals surface area contributed by atoms with Gasteiger partial charge in [-0.1, -0.05) is 40.0 Å². The van der Waals surface area contributed by atoms with Crippen LogP contribution in [0.4, 0.5) is 0 Å². The lowest BCUT2D eigenvalue weighted by atomic mass is 9.85. The molecule has 0 amide bonds. The molecule has 2 N–H and O–H groups in total. The Balaban J connectivity index is 2.74. The van der Waals surface area contributed by atoms with Gasteiger partial charge < -0.3 is 10.2 Å². The van der Waals surface area contributed by atoms with E-state index in [1.807, 2.05) is 0 Å². The van der Waals surface area contributed by atoms with Crippen molar-refractivity contribution in [1.82, 2.24) is 0 Å². The molecule has 0 aliphatic carbocycles. The maximum absolute atomic E-state index is 9.44. The summed E-state index contributed by atoms with van der Waals surface area (Å²) in [4.78, 5) is 0. The first-order chi connectivity index (χ1) is 7.54. The van der Waals surface area contributed by atoms with Crippen LogP contribution in [0.3, 0.4) is 0 Å². The minimum absolute atomic E-state index is 0.143. The molecule has 0 saturated heterocycles. The molecule has 0 bridgehead atoms. The molecule has 1 aromatic carbocycles. The molecule has 0 spiro atoms. The van der Waals surface area contributed by atoms with Crippen LogP contribution >= 0.6 is 0 Å². The Morgan fingerprint density at radius 2 is 1.62 bits per heavy atom. The van der Waals surface area contributed by atoms with E-state index in [0.717, 1.165) is 5.56 Å². The van der Waals surface area contributed by atoms with Crippen LogP contribution in [0.25, 0.3) is 0 Å². The van der Waals surface area contributed by atoms with E-state index in [2.05, 4.69) is 20.8 Å². The van der Waals surface area contributed by atoms with Crippen molar-refractivity contribution >= 4 is 0 Å². The van der Waals surface area contributed by atoms with Crippen LogP contribution in [0.1, 0.15) is 51.5 Å². The SMILES string of the molecule is CCCCC(C)C(C)c1cc(O)cc(O)c1. The molecule has 0 aromatic heterocycles. The molecule has 90 valence electrons. The maximum atomic E-state index is 9.44. The van der Waals surface area contributed by atoms with Crippen LogP contribution in [0.15, 0.2) is 18.2 Å². The van der Waals surface area contributed by atoms with E-state index in [1.165, 1.54) is 25.3 Å². The van der Waals surface area contributed by atoms with Crippen molar-refractivity contribution in [2.75, 3.05) is 0 Å². The first-order valence-corrected chi connectivity index (χ1v) is 6.07. The number of benzene rings is 1. The van der Waals surface area contributed by atoms with Gasteiger partial charge in [-0.25, -0.2) is 0 Å². The molecule has 2 nitrogen and oxygen atoms in total. The highest BCUT2D eigenvalue weighted by Crippen LogP contribution is 2.32. The molecule has 16 heavy (non-hydrogen) atoms. The first kappa shape index (κ1) is 12.9. The number of unbranched alkanes of at least 4 members (excludes halogenated alkanes) is 1. The van der Waals surface area contributed by atoms with Crippen LogP contribution in [0.5, 0.6) is 11.5 Å². The fourth-order valence-electron chi connectivity index (χ4n) is 1.99. The third-order valence-electron chi connectivity index (χ3n) is 3.32. The van der Waals surface area contributed by atoms with Gasteiger partial charge >= 0.3 is 0 Å². The Morgan fingerprint density at radius 1 is 1.06 bits per heavy atom. The fourth-order valence-corrected chi connectivity index (χ4v) is 1.99. The number of phenolic OH excluding ortho intramolecular Hbond substituents is 2. The van der Waals surface area contributed by atoms with Gasteiger partial charge in [0.25, 0.3) is 0 Å². The van der Waals surface area contributed by atoms with Crippen LogP contribution < -0.4 is 0 Å². The van der Waals surface area contributed by atoms with Gasteiger partial charge in [0.05, 0.1) is 0 Å². The van der Waals surface area contributed by atoms with Gasteiger partial charge in [0.15, 0.2) is 0 Å². The normalized spacial score (nSPS) is 14.7. The molecule has 2 unspecified atom stereocenters. The molecule has 0 fully saturated rings. The average Bonchev–Trinajstić information content (AvgIpc) is 2.23. The van der Waals surface area contributed by atoms with Crippen molar-refractivity contribution in [1.29, 1.82) is 0 Å².